The molecule has 0 atom stereocenters. The second-order valence-corrected chi connectivity index (χ2v) is 7.57. The second-order valence-electron chi connectivity index (χ2n) is 7.57. The molecular weight excluding hydrogens is 442 g/mol. The highest BCUT2D eigenvalue weighted by molar-refractivity contribution is 6.14. The molecule has 0 heterocycles. The summed E-state index contributed by atoms with van der Waals surface area (Å²) in [7, 11) is 2.61. The molecule has 0 amide bonds. The number of carbonyl (C=O) groups excluding carboxylic acids is 3. The molecule has 0 aliphatic heterocycles. The number of esters is 2. The van der Waals surface area contributed by atoms with Crippen molar-refractivity contribution in [3.63, 3.8) is 0 Å². The zero-order chi connectivity index (χ0) is 24.8. The first-order valence-corrected chi connectivity index (χ1v) is 10.9. The number of rotatable bonds is 7. The minimum atomic E-state index is -0.548. The maximum Gasteiger partial charge on any atom is 0.339 e. The normalized spacial score (nSPS) is 10.3. The van der Waals surface area contributed by atoms with E-state index in [1.165, 1.54) is 14.2 Å². The molecule has 0 spiro atoms. The highest BCUT2D eigenvalue weighted by atomic mass is 16.5. The standard InChI is InChI=1S/C29H23NO5/c1-34-28(32)22-15-7-10-18-25(22)30(26-19-11-8-16-23(26)29(33)35-2)24-17-9-6-14-21(24)27(31)20-12-4-3-5-13-20/h3-19H,1-2H3. The first kappa shape index (κ1) is 23.4. The van der Waals surface area contributed by atoms with E-state index in [0.29, 0.717) is 28.2 Å². The number of methoxy groups -OCH3 is 2. The second kappa shape index (κ2) is 10.5. The largest absolute Gasteiger partial charge is 0.465 e. The van der Waals surface area contributed by atoms with Crippen LogP contribution < -0.4 is 4.90 Å². The Bertz CT molecular complexity index is 1320. The van der Waals surface area contributed by atoms with Crippen LogP contribution in [-0.2, 0) is 9.47 Å². The molecule has 0 aliphatic carbocycles. The topological polar surface area (TPSA) is 72.9 Å². The fraction of sp³-hybridized carbons (Fsp3) is 0.0690. The van der Waals surface area contributed by atoms with Gasteiger partial charge in [-0.3, -0.25) is 4.79 Å². The van der Waals surface area contributed by atoms with E-state index >= 15 is 0 Å². The number of ether oxygens (including phenoxy) is 2. The summed E-state index contributed by atoms with van der Waals surface area (Å²) < 4.78 is 10.0. The summed E-state index contributed by atoms with van der Waals surface area (Å²) in [5.74, 6) is -1.29. The van der Waals surface area contributed by atoms with Gasteiger partial charge in [0.15, 0.2) is 5.78 Å². The lowest BCUT2D eigenvalue weighted by molar-refractivity contribution is 0.0594. The van der Waals surface area contributed by atoms with E-state index < -0.39 is 11.9 Å². The monoisotopic (exact) mass is 465 g/mol. The Morgan fingerprint density at radius 2 is 0.886 bits per heavy atom. The van der Waals surface area contributed by atoms with Crippen LogP contribution in [-0.4, -0.2) is 31.9 Å². The zero-order valence-electron chi connectivity index (χ0n) is 19.3. The lowest BCUT2D eigenvalue weighted by Gasteiger charge is -2.30. The summed E-state index contributed by atoms with van der Waals surface area (Å²) in [6.07, 6.45) is 0. The summed E-state index contributed by atoms with van der Waals surface area (Å²) in [5, 5.41) is 0. The van der Waals surface area contributed by atoms with Gasteiger partial charge in [-0.05, 0) is 36.4 Å². The Balaban J connectivity index is 2.03. The van der Waals surface area contributed by atoms with Crippen LogP contribution in [0.5, 0.6) is 0 Å². The summed E-state index contributed by atoms with van der Waals surface area (Å²) in [4.78, 5) is 40.7. The molecule has 6 heteroatoms. The van der Waals surface area contributed by atoms with Crippen LogP contribution >= 0.6 is 0 Å². The lowest BCUT2D eigenvalue weighted by Crippen LogP contribution is -2.20. The molecule has 174 valence electrons. The number of carbonyl (C=O) groups is 3. The van der Waals surface area contributed by atoms with Gasteiger partial charge in [-0.15, -0.1) is 0 Å². The van der Waals surface area contributed by atoms with E-state index in [1.54, 1.807) is 102 Å². The van der Waals surface area contributed by atoms with Gasteiger partial charge in [0.05, 0.1) is 42.4 Å². The van der Waals surface area contributed by atoms with Crippen molar-refractivity contribution < 1.29 is 23.9 Å². The fourth-order valence-electron chi connectivity index (χ4n) is 3.90. The molecule has 0 radical (unpaired) electrons. The minimum absolute atomic E-state index is 0.197. The van der Waals surface area contributed by atoms with Crippen molar-refractivity contribution in [3.05, 3.63) is 125 Å². The molecular formula is C29H23NO5. The third-order valence-corrected chi connectivity index (χ3v) is 5.53. The Morgan fingerprint density at radius 3 is 1.34 bits per heavy atom. The van der Waals surface area contributed by atoms with Gasteiger partial charge in [0.2, 0.25) is 0 Å². The molecule has 4 aromatic rings. The lowest BCUT2D eigenvalue weighted by atomic mass is 9.99. The van der Waals surface area contributed by atoms with Crippen LogP contribution in [0.3, 0.4) is 0 Å². The van der Waals surface area contributed by atoms with E-state index in [1.807, 2.05) is 6.07 Å². The number of anilines is 3. The number of benzene rings is 4. The SMILES string of the molecule is COC(=O)c1ccccc1N(c1ccccc1C(=O)OC)c1ccccc1C(=O)c1ccccc1. The quantitative estimate of drug-likeness (QED) is 0.248. The molecule has 0 bridgehead atoms. The van der Waals surface area contributed by atoms with Crippen molar-refractivity contribution >= 4 is 34.8 Å². The molecule has 0 saturated carbocycles. The molecule has 0 aromatic heterocycles. The van der Waals surface area contributed by atoms with E-state index in [-0.39, 0.29) is 16.9 Å². The van der Waals surface area contributed by atoms with Crippen LogP contribution in [0.15, 0.2) is 103 Å². The smallest absolute Gasteiger partial charge is 0.339 e. The molecule has 35 heavy (non-hydrogen) atoms. The van der Waals surface area contributed by atoms with Gasteiger partial charge in [-0.1, -0.05) is 66.7 Å². The fourth-order valence-corrected chi connectivity index (χ4v) is 3.90. The van der Waals surface area contributed by atoms with Crippen LogP contribution in [0.2, 0.25) is 0 Å². The first-order chi connectivity index (χ1) is 17.1. The van der Waals surface area contributed by atoms with Crippen LogP contribution in [0, 0.1) is 0 Å². The van der Waals surface area contributed by atoms with Gasteiger partial charge < -0.3 is 14.4 Å². The third kappa shape index (κ3) is 4.68. The molecule has 0 aliphatic rings. The highest BCUT2D eigenvalue weighted by Gasteiger charge is 2.27. The summed E-state index contributed by atoms with van der Waals surface area (Å²) in [6, 6.07) is 29.7. The zero-order valence-corrected chi connectivity index (χ0v) is 19.3. The van der Waals surface area contributed by atoms with Crippen molar-refractivity contribution in [2.24, 2.45) is 0 Å². The average Bonchev–Trinajstić information content (AvgIpc) is 2.93. The van der Waals surface area contributed by atoms with Gasteiger partial charge in [0, 0.05) is 11.1 Å². The highest BCUT2D eigenvalue weighted by Crippen LogP contribution is 2.41. The van der Waals surface area contributed by atoms with Crippen molar-refractivity contribution in [2.45, 2.75) is 0 Å². The maximum atomic E-state index is 13.6. The number of ketones is 1. The number of nitrogens with zero attached hydrogens (tertiary/aromatic N) is 1. The number of hydrogen-bond acceptors (Lipinski definition) is 6. The molecule has 0 N–H and O–H groups in total. The molecule has 0 saturated heterocycles. The molecule has 4 aromatic carbocycles. The molecule has 0 unspecified atom stereocenters. The third-order valence-electron chi connectivity index (χ3n) is 5.53. The summed E-state index contributed by atoms with van der Waals surface area (Å²) in [6.45, 7) is 0. The maximum absolute atomic E-state index is 13.6. The van der Waals surface area contributed by atoms with E-state index in [2.05, 4.69) is 0 Å². The number of hydrogen-bond donors (Lipinski definition) is 0. The molecule has 6 nitrogen and oxygen atoms in total. The summed E-state index contributed by atoms with van der Waals surface area (Å²) in [5.41, 5.74) is 2.86. The Kier molecular flexibility index (Phi) is 7.02. The van der Waals surface area contributed by atoms with Gasteiger partial charge in [0.1, 0.15) is 0 Å². The number of para-hydroxylation sites is 3. The van der Waals surface area contributed by atoms with Gasteiger partial charge in [-0.2, -0.15) is 0 Å². The van der Waals surface area contributed by atoms with Crippen LogP contribution in [0.25, 0.3) is 0 Å². The van der Waals surface area contributed by atoms with Crippen molar-refractivity contribution in [1.82, 2.24) is 0 Å². The van der Waals surface area contributed by atoms with Gasteiger partial charge in [-0.25, -0.2) is 9.59 Å². The Labute approximate surface area is 203 Å². The van der Waals surface area contributed by atoms with Crippen LogP contribution in [0.4, 0.5) is 17.1 Å². The average molecular weight is 466 g/mol. The van der Waals surface area contributed by atoms with E-state index in [4.69, 9.17) is 9.47 Å². The predicted molar refractivity (Wildman–Crippen MR) is 134 cm³/mol. The Hall–Kier alpha value is -4.71. The summed E-state index contributed by atoms with van der Waals surface area (Å²) >= 11 is 0. The predicted octanol–water partition coefficient (Wildman–Crippen LogP) is 5.96. The van der Waals surface area contributed by atoms with Gasteiger partial charge in [0.25, 0.3) is 0 Å². The first-order valence-electron chi connectivity index (χ1n) is 10.9. The molecule has 0 fully saturated rings. The van der Waals surface area contributed by atoms with E-state index in [9.17, 15) is 14.4 Å². The minimum Gasteiger partial charge on any atom is -0.465 e. The van der Waals surface area contributed by atoms with Crippen LogP contribution in [0.1, 0.15) is 36.6 Å². The van der Waals surface area contributed by atoms with Crippen molar-refractivity contribution in [1.29, 1.82) is 0 Å². The Morgan fingerprint density at radius 1 is 0.514 bits per heavy atom. The molecule has 4 rings (SSSR count). The van der Waals surface area contributed by atoms with E-state index in [0.717, 1.165) is 0 Å². The van der Waals surface area contributed by atoms with Crippen molar-refractivity contribution in [3.8, 4) is 0 Å². The van der Waals surface area contributed by atoms with Gasteiger partial charge >= 0.3 is 11.9 Å². The van der Waals surface area contributed by atoms with Crippen molar-refractivity contribution in [2.75, 3.05) is 19.1 Å².